The maximum atomic E-state index is 5.58. The fourth-order valence-electron chi connectivity index (χ4n) is 3.83. The van der Waals surface area contributed by atoms with Crippen LogP contribution in [0.2, 0.25) is 0 Å². The van der Waals surface area contributed by atoms with E-state index < -0.39 is 0 Å². The Hall–Kier alpha value is -0.360. The standard InChI is InChI=1S/C32H66O9/c1-3-5-7-9-11-13-15-33-17-19-35-21-23-37-25-27-39-29-31-41-32-30-40-28-26-38-24-22-36-20-18-34-16-14-12-10-8-6-4-2/h3-32H2,1-2H3. The molecule has 0 radical (unpaired) electrons. The molecule has 41 heavy (non-hydrogen) atoms. The van der Waals surface area contributed by atoms with E-state index in [0.29, 0.717) is 106 Å². The van der Waals surface area contributed by atoms with Gasteiger partial charge < -0.3 is 42.6 Å². The molecule has 0 bridgehead atoms. The van der Waals surface area contributed by atoms with Gasteiger partial charge >= 0.3 is 0 Å². The van der Waals surface area contributed by atoms with Gasteiger partial charge in [-0.3, -0.25) is 0 Å². The second-order valence-corrected chi connectivity index (χ2v) is 10.0. The fourth-order valence-corrected chi connectivity index (χ4v) is 3.83. The van der Waals surface area contributed by atoms with Gasteiger partial charge in [0.25, 0.3) is 0 Å². The molecule has 0 unspecified atom stereocenters. The lowest BCUT2D eigenvalue weighted by molar-refractivity contribution is -0.0250. The quantitative estimate of drug-likeness (QED) is 0.0817. The third-order valence-corrected chi connectivity index (χ3v) is 6.26. The lowest BCUT2D eigenvalue weighted by Crippen LogP contribution is -2.15. The van der Waals surface area contributed by atoms with Crippen molar-refractivity contribution < 1.29 is 42.6 Å². The van der Waals surface area contributed by atoms with E-state index in [9.17, 15) is 0 Å². The minimum absolute atomic E-state index is 0.543. The van der Waals surface area contributed by atoms with Gasteiger partial charge in [0.2, 0.25) is 0 Å². The first-order valence-electron chi connectivity index (χ1n) is 16.6. The molecule has 0 amide bonds. The van der Waals surface area contributed by atoms with Crippen molar-refractivity contribution in [2.75, 3.05) is 119 Å². The van der Waals surface area contributed by atoms with Crippen LogP contribution >= 0.6 is 0 Å². The topological polar surface area (TPSA) is 83.1 Å². The zero-order valence-corrected chi connectivity index (χ0v) is 26.9. The van der Waals surface area contributed by atoms with E-state index in [2.05, 4.69) is 13.8 Å². The van der Waals surface area contributed by atoms with Crippen molar-refractivity contribution in [3.8, 4) is 0 Å². The molecule has 0 aromatic carbocycles. The molecule has 0 heterocycles. The fraction of sp³-hybridized carbons (Fsp3) is 1.00. The summed E-state index contributed by atoms with van der Waals surface area (Å²) < 4.78 is 49.7. The van der Waals surface area contributed by atoms with Gasteiger partial charge in [-0.25, -0.2) is 0 Å². The molecular weight excluding hydrogens is 528 g/mol. The van der Waals surface area contributed by atoms with Crippen molar-refractivity contribution in [1.29, 1.82) is 0 Å². The highest BCUT2D eigenvalue weighted by Crippen LogP contribution is 2.05. The summed E-state index contributed by atoms with van der Waals surface area (Å²) in [5.74, 6) is 0. The Kier molecular flexibility index (Phi) is 39.3. The number of rotatable bonds is 38. The van der Waals surface area contributed by atoms with Crippen LogP contribution in [-0.2, 0) is 42.6 Å². The monoisotopic (exact) mass is 594 g/mol. The van der Waals surface area contributed by atoms with Crippen molar-refractivity contribution in [2.45, 2.75) is 90.9 Å². The van der Waals surface area contributed by atoms with Gasteiger partial charge in [0.15, 0.2) is 0 Å². The van der Waals surface area contributed by atoms with Gasteiger partial charge in [0, 0.05) is 13.2 Å². The Morgan fingerprint density at radius 2 is 0.366 bits per heavy atom. The minimum Gasteiger partial charge on any atom is -0.379 e. The summed E-state index contributed by atoms with van der Waals surface area (Å²) in [5, 5.41) is 0. The lowest BCUT2D eigenvalue weighted by Gasteiger charge is -2.09. The minimum atomic E-state index is 0.543. The molecule has 0 fully saturated rings. The van der Waals surface area contributed by atoms with Gasteiger partial charge in [0.05, 0.1) is 106 Å². The highest BCUT2D eigenvalue weighted by Gasteiger charge is 1.96. The predicted molar refractivity (Wildman–Crippen MR) is 164 cm³/mol. The number of hydrogen-bond acceptors (Lipinski definition) is 9. The summed E-state index contributed by atoms with van der Waals surface area (Å²) in [5.41, 5.74) is 0. The maximum Gasteiger partial charge on any atom is 0.0701 e. The van der Waals surface area contributed by atoms with Crippen LogP contribution < -0.4 is 0 Å². The van der Waals surface area contributed by atoms with Crippen LogP contribution in [0.1, 0.15) is 90.9 Å². The van der Waals surface area contributed by atoms with Crippen LogP contribution in [-0.4, -0.2) is 119 Å². The largest absolute Gasteiger partial charge is 0.379 e. The molecule has 0 saturated carbocycles. The van der Waals surface area contributed by atoms with E-state index in [1.165, 1.54) is 64.2 Å². The molecule has 0 aliphatic heterocycles. The third-order valence-electron chi connectivity index (χ3n) is 6.26. The summed E-state index contributed by atoms with van der Waals surface area (Å²) in [6.07, 6.45) is 15.4. The molecule has 0 aromatic rings. The van der Waals surface area contributed by atoms with Crippen LogP contribution in [0.25, 0.3) is 0 Å². The summed E-state index contributed by atoms with van der Waals surface area (Å²) in [4.78, 5) is 0. The normalized spacial score (nSPS) is 11.6. The molecule has 0 rings (SSSR count). The van der Waals surface area contributed by atoms with Gasteiger partial charge in [-0.1, -0.05) is 78.1 Å². The Balaban J connectivity index is 3.02. The van der Waals surface area contributed by atoms with E-state index in [1.54, 1.807) is 0 Å². The van der Waals surface area contributed by atoms with Gasteiger partial charge in [-0.2, -0.15) is 0 Å². The molecule has 0 aromatic heterocycles. The molecular formula is C32H66O9. The van der Waals surface area contributed by atoms with Gasteiger partial charge in [0.1, 0.15) is 0 Å². The molecule has 9 nitrogen and oxygen atoms in total. The zero-order valence-electron chi connectivity index (χ0n) is 26.9. The SMILES string of the molecule is CCCCCCCCOCCOCCOCCOCCOCCOCCOCCOCCOCCCCCCCC. The van der Waals surface area contributed by atoms with Crippen molar-refractivity contribution in [2.24, 2.45) is 0 Å². The molecule has 0 aliphatic carbocycles. The first kappa shape index (κ1) is 40.6. The van der Waals surface area contributed by atoms with E-state index in [1.807, 2.05) is 0 Å². The highest BCUT2D eigenvalue weighted by atomic mass is 16.6. The Morgan fingerprint density at radius 3 is 0.585 bits per heavy atom. The maximum absolute atomic E-state index is 5.58. The smallest absolute Gasteiger partial charge is 0.0701 e. The molecule has 0 N–H and O–H groups in total. The van der Waals surface area contributed by atoms with Crippen molar-refractivity contribution in [1.82, 2.24) is 0 Å². The molecule has 9 heteroatoms. The Labute approximate surface area is 252 Å². The van der Waals surface area contributed by atoms with Crippen LogP contribution in [0, 0.1) is 0 Å². The molecule has 0 aliphatic rings. The lowest BCUT2D eigenvalue weighted by atomic mass is 10.1. The Morgan fingerprint density at radius 1 is 0.195 bits per heavy atom. The van der Waals surface area contributed by atoms with Crippen LogP contribution in [0.15, 0.2) is 0 Å². The first-order chi connectivity index (χ1) is 20.4. The van der Waals surface area contributed by atoms with E-state index >= 15 is 0 Å². The molecule has 0 atom stereocenters. The van der Waals surface area contributed by atoms with E-state index in [0.717, 1.165) is 26.1 Å². The van der Waals surface area contributed by atoms with Gasteiger partial charge in [-0.15, -0.1) is 0 Å². The van der Waals surface area contributed by atoms with Gasteiger partial charge in [-0.05, 0) is 12.8 Å². The zero-order chi connectivity index (χ0) is 29.6. The van der Waals surface area contributed by atoms with Crippen molar-refractivity contribution >= 4 is 0 Å². The summed E-state index contributed by atoms with van der Waals surface area (Å²) in [7, 11) is 0. The summed E-state index contributed by atoms with van der Waals surface area (Å²) in [6.45, 7) is 15.4. The number of hydrogen-bond donors (Lipinski definition) is 0. The number of unbranched alkanes of at least 4 members (excludes halogenated alkanes) is 10. The van der Waals surface area contributed by atoms with Crippen LogP contribution in [0.5, 0.6) is 0 Å². The molecule has 0 spiro atoms. The summed E-state index contributed by atoms with van der Waals surface area (Å²) >= 11 is 0. The first-order valence-corrected chi connectivity index (χ1v) is 16.6. The van der Waals surface area contributed by atoms with E-state index in [4.69, 9.17) is 42.6 Å². The second kappa shape index (κ2) is 39.6. The average molecular weight is 595 g/mol. The number of ether oxygens (including phenoxy) is 9. The van der Waals surface area contributed by atoms with Crippen LogP contribution in [0.3, 0.4) is 0 Å². The Bertz CT molecular complexity index is 405. The third kappa shape index (κ3) is 39.6. The van der Waals surface area contributed by atoms with Crippen molar-refractivity contribution in [3.05, 3.63) is 0 Å². The molecule has 248 valence electrons. The highest BCUT2D eigenvalue weighted by molar-refractivity contribution is 4.45. The van der Waals surface area contributed by atoms with Crippen molar-refractivity contribution in [3.63, 3.8) is 0 Å². The second-order valence-electron chi connectivity index (χ2n) is 10.0. The predicted octanol–water partition coefficient (Wildman–Crippen LogP) is 5.86. The summed E-state index contributed by atoms with van der Waals surface area (Å²) in [6, 6.07) is 0. The van der Waals surface area contributed by atoms with Crippen LogP contribution in [0.4, 0.5) is 0 Å². The average Bonchev–Trinajstić information content (AvgIpc) is 2.98. The molecule has 0 saturated heterocycles. The van der Waals surface area contributed by atoms with E-state index in [-0.39, 0.29) is 0 Å².